The van der Waals surface area contributed by atoms with Crippen LogP contribution in [0, 0.1) is 0 Å². The van der Waals surface area contributed by atoms with Gasteiger partial charge in [0.25, 0.3) is 0 Å². The fourth-order valence-corrected chi connectivity index (χ4v) is 3.61. The van der Waals surface area contributed by atoms with Crippen LogP contribution in [-0.2, 0) is 22.7 Å². The summed E-state index contributed by atoms with van der Waals surface area (Å²) < 4.78 is 63.5. The highest BCUT2D eigenvalue weighted by Gasteiger charge is 2.39. The van der Waals surface area contributed by atoms with Gasteiger partial charge in [-0.1, -0.05) is 12.1 Å². The van der Waals surface area contributed by atoms with Gasteiger partial charge in [-0.05, 0) is 30.5 Å². The maximum atomic E-state index is 12.8. The van der Waals surface area contributed by atoms with E-state index in [9.17, 15) is 31.1 Å². The Kier molecular flexibility index (Phi) is 10.9. The first kappa shape index (κ1) is 31.1. The first-order valence-electron chi connectivity index (χ1n) is 11.4. The van der Waals surface area contributed by atoms with Crippen molar-refractivity contribution in [1.29, 1.82) is 0 Å². The largest absolute Gasteiger partial charge is 0.490 e. The smallest absolute Gasteiger partial charge is 0.475 e. The molecule has 1 fully saturated rings. The number of aliphatic carboxylic acids is 2. The van der Waals surface area contributed by atoms with Crippen molar-refractivity contribution in [2.24, 2.45) is 0 Å². The second kappa shape index (κ2) is 13.6. The minimum absolute atomic E-state index is 0.163. The molecule has 1 saturated heterocycles. The molecule has 2 aliphatic heterocycles. The van der Waals surface area contributed by atoms with Gasteiger partial charge in [0.05, 0.1) is 6.54 Å². The Morgan fingerprint density at radius 2 is 1.38 bits per heavy atom. The maximum Gasteiger partial charge on any atom is 0.490 e. The topological polar surface area (TPSA) is 127 Å². The molecule has 0 unspecified atom stereocenters. The SMILES string of the molecule is O=C(N1CCCC1)N1CCN(Cc2cccnc2)c2ncccc2C1.O=C(O)C(F)(F)F.O=C(O)C(F)(F)F. The molecule has 2 aromatic heterocycles. The number of amides is 2. The number of anilines is 1. The highest BCUT2D eigenvalue weighted by atomic mass is 19.4. The number of hydrogen-bond donors (Lipinski definition) is 2. The molecule has 0 aromatic carbocycles. The molecule has 10 nitrogen and oxygen atoms in total. The molecular weight excluding hydrogens is 540 g/mol. The van der Waals surface area contributed by atoms with E-state index in [4.69, 9.17) is 19.8 Å². The number of carbonyl (C=O) groups is 3. The molecule has 2 N–H and O–H groups in total. The van der Waals surface area contributed by atoms with Crippen LogP contribution in [0.1, 0.15) is 24.0 Å². The van der Waals surface area contributed by atoms with Gasteiger partial charge in [-0.15, -0.1) is 0 Å². The van der Waals surface area contributed by atoms with Crippen LogP contribution >= 0.6 is 0 Å². The Morgan fingerprint density at radius 1 is 0.821 bits per heavy atom. The van der Waals surface area contributed by atoms with Gasteiger partial charge in [-0.25, -0.2) is 19.4 Å². The van der Waals surface area contributed by atoms with Crippen molar-refractivity contribution in [3.05, 3.63) is 54.0 Å². The molecule has 4 rings (SSSR count). The molecule has 214 valence electrons. The van der Waals surface area contributed by atoms with Gasteiger partial charge in [-0.2, -0.15) is 26.3 Å². The molecule has 0 atom stereocenters. The standard InChI is InChI=1S/C19H23N5O.2C2HF3O2/c25-19(22-9-1-2-10-22)24-12-11-23(14-16-5-3-7-20-13-16)18-17(15-24)6-4-8-21-18;2*3-2(4,5)1(6)7/h3-8,13H,1-2,9-12,14-15H2;2*(H,6,7). The van der Waals surface area contributed by atoms with Crippen LogP contribution in [0.4, 0.5) is 37.0 Å². The van der Waals surface area contributed by atoms with E-state index in [-0.39, 0.29) is 6.03 Å². The number of aromatic nitrogens is 2. The zero-order chi connectivity index (χ0) is 29.2. The van der Waals surface area contributed by atoms with Gasteiger partial charge < -0.3 is 24.9 Å². The van der Waals surface area contributed by atoms with Crippen LogP contribution in [0.3, 0.4) is 0 Å². The van der Waals surface area contributed by atoms with E-state index in [1.165, 1.54) is 0 Å². The molecule has 0 spiro atoms. The minimum Gasteiger partial charge on any atom is -0.475 e. The Hall–Kier alpha value is -4.11. The van der Waals surface area contributed by atoms with Gasteiger partial charge in [0.1, 0.15) is 5.82 Å². The molecule has 0 aliphatic carbocycles. The van der Waals surface area contributed by atoms with Crippen molar-refractivity contribution in [2.45, 2.75) is 38.3 Å². The third kappa shape index (κ3) is 9.94. The summed E-state index contributed by atoms with van der Waals surface area (Å²) in [4.78, 5) is 45.6. The molecule has 39 heavy (non-hydrogen) atoms. The number of pyridine rings is 2. The Bertz CT molecular complexity index is 1090. The average molecular weight is 565 g/mol. The summed E-state index contributed by atoms with van der Waals surface area (Å²) in [7, 11) is 0. The number of carboxylic acid groups (broad SMARTS) is 2. The summed E-state index contributed by atoms with van der Waals surface area (Å²) in [6, 6.07) is 8.22. The Morgan fingerprint density at radius 3 is 1.90 bits per heavy atom. The predicted octanol–water partition coefficient (Wildman–Crippen LogP) is 3.78. The minimum atomic E-state index is -5.08. The zero-order valence-corrected chi connectivity index (χ0v) is 20.3. The fraction of sp³-hybridized carbons (Fsp3) is 0.435. The quantitative estimate of drug-likeness (QED) is 0.527. The van der Waals surface area contributed by atoms with Gasteiger partial charge in [0.15, 0.2) is 0 Å². The number of halogens is 6. The summed E-state index contributed by atoms with van der Waals surface area (Å²) >= 11 is 0. The number of carboxylic acids is 2. The number of carbonyl (C=O) groups excluding carboxylic acids is 1. The van der Waals surface area contributed by atoms with E-state index in [1.54, 1.807) is 6.20 Å². The number of urea groups is 1. The van der Waals surface area contributed by atoms with Crippen LogP contribution in [0.15, 0.2) is 42.9 Å². The second-order valence-corrected chi connectivity index (χ2v) is 8.27. The summed E-state index contributed by atoms with van der Waals surface area (Å²) in [5.41, 5.74) is 2.26. The molecular formula is C23H25F6N5O5. The van der Waals surface area contributed by atoms with E-state index in [1.807, 2.05) is 34.3 Å². The molecule has 2 amide bonds. The lowest BCUT2D eigenvalue weighted by molar-refractivity contribution is -0.193. The number of rotatable bonds is 2. The molecule has 0 saturated carbocycles. The fourth-order valence-electron chi connectivity index (χ4n) is 3.61. The van der Waals surface area contributed by atoms with Gasteiger partial charge in [0, 0.05) is 56.9 Å². The van der Waals surface area contributed by atoms with Crippen molar-refractivity contribution in [1.82, 2.24) is 19.8 Å². The monoisotopic (exact) mass is 565 g/mol. The Labute approximate surface area is 218 Å². The van der Waals surface area contributed by atoms with Gasteiger partial charge in [0.2, 0.25) is 0 Å². The highest BCUT2D eigenvalue weighted by molar-refractivity contribution is 5.75. The molecule has 0 bridgehead atoms. The molecule has 2 aliphatic rings. The first-order chi connectivity index (χ1) is 18.2. The van der Waals surface area contributed by atoms with Crippen molar-refractivity contribution in [2.75, 3.05) is 31.1 Å². The third-order valence-corrected chi connectivity index (χ3v) is 5.40. The van der Waals surface area contributed by atoms with Crippen molar-refractivity contribution in [3.63, 3.8) is 0 Å². The molecule has 2 aromatic rings. The average Bonchev–Trinajstić information content (AvgIpc) is 3.34. The molecule has 0 radical (unpaired) electrons. The number of fused-ring (bicyclic) bond motifs is 1. The van der Waals surface area contributed by atoms with E-state index >= 15 is 0 Å². The lowest BCUT2D eigenvalue weighted by Gasteiger charge is -2.27. The van der Waals surface area contributed by atoms with Crippen LogP contribution < -0.4 is 4.90 Å². The van der Waals surface area contributed by atoms with Crippen molar-refractivity contribution < 1.29 is 50.9 Å². The maximum absolute atomic E-state index is 12.8. The highest BCUT2D eigenvalue weighted by Crippen LogP contribution is 2.25. The van der Waals surface area contributed by atoms with Crippen molar-refractivity contribution >= 4 is 23.8 Å². The number of alkyl halides is 6. The van der Waals surface area contributed by atoms with Crippen LogP contribution in [-0.4, -0.2) is 86.5 Å². The number of likely N-dealkylation sites (tertiary alicyclic amines) is 1. The number of hydrogen-bond acceptors (Lipinski definition) is 6. The summed E-state index contributed by atoms with van der Waals surface area (Å²) in [6.45, 7) is 4.64. The van der Waals surface area contributed by atoms with Crippen LogP contribution in [0.2, 0.25) is 0 Å². The van der Waals surface area contributed by atoms with E-state index in [2.05, 4.69) is 27.0 Å². The third-order valence-electron chi connectivity index (χ3n) is 5.40. The van der Waals surface area contributed by atoms with E-state index in [0.717, 1.165) is 56.0 Å². The lowest BCUT2D eigenvalue weighted by atomic mass is 10.2. The number of nitrogens with zero attached hydrogens (tertiary/aromatic N) is 5. The normalized spacial score (nSPS) is 15.2. The van der Waals surface area contributed by atoms with Crippen molar-refractivity contribution in [3.8, 4) is 0 Å². The van der Waals surface area contributed by atoms with Gasteiger partial charge in [-0.3, -0.25) is 4.98 Å². The summed E-state index contributed by atoms with van der Waals surface area (Å²) in [5, 5.41) is 14.2. The van der Waals surface area contributed by atoms with Crippen LogP contribution in [0.5, 0.6) is 0 Å². The lowest BCUT2D eigenvalue weighted by Crippen LogP contribution is -2.43. The van der Waals surface area contributed by atoms with E-state index < -0.39 is 24.3 Å². The first-order valence-corrected chi connectivity index (χ1v) is 11.4. The summed E-state index contributed by atoms with van der Waals surface area (Å²) in [6.07, 6.45) is -2.43. The predicted molar refractivity (Wildman–Crippen MR) is 124 cm³/mol. The van der Waals surface area contributed by atoms with E-state index in [0.29, 0.717) is 13.1 Å². The summed E-state index contributed by atoms with van der Waals surface area (Å²) in [5.74, 6) is -4.54. The van der Waals surface area contributed by atoms with Crippen LogP contribution in [0.25, 0.3) is 0 Å². The molecule has 16 heteroatoms. The van der Waals surface area contributed by atoms with Gasteiger partial charge >= 0.3 is 30.3 Å². The molecule has 4 heterocycles. The second-order valence-electron chi connectivity index (χ2n) is 8.27. The Balaban J connectivity index is 0.000000317. The zero-order valence-electron chi connectivity index (χ0n) is 20.3.